The molecule has 1 aromatic carbocycles. The number of allylic oxidation sites excluding steroid dienone is 2. The van der Waals surface area contributed by atoms with Crippen LogP contribution in [0.3, 0.4) is 0 Å². The van der Waals surface area contributed by atoms with Gasteiger partial charge in [-0.15, -0.1) is 0 Å². The minimum absolute atomic E-state index is 0.129. The molecule has 1 saturated heterocycles. The molecule has 1 heterocycles. The molecule has 0 radical (unpaired) electrons. The van der Waals surface area contributed by atoms with Crippen molar-refractivity contribution in [2.45, 2.75) is 84.2 Å². The van der Waals surface area contributed by atoms with Crippen molar-refractivity contribution in [1.29, 1.82) is 0 Å². The molecule has 1 spiro atoms. The molecular weight excluding hydrogens is 496 g/mol. The number of ether oxygens (including phenoxy) is 6. The van der Waals surface area contributed by atoms with Crippen molar-refractivity contribution in [1.82, 2.24) is 0 Å². The lowest BCUT2D eigenvalue weighted by Crippen LogP contribution is -2.53. The van der Waals surface area contributed by atoms with E-state index in [2.05, 4.69) is 26.8 Å². The molecule has 1 aliphatic heterocycles. The molecule has 0 N–H and O–H groups in total. The van der Waals surface area contributed by atoms with Gasteiger partial charge in [0, 0.05) is 19.1 Å². The summed E-state index contributed by atoms with van der Waals surface area (Å²) in [6.45, 7) is 12.3. The van der Waals surface area contributed by atoms with Gasteiger partial charge in [0.1, 0.15) is 18.8 Å². The summed E-state index contributed by atoms with van der Waals surface area (Å²) in [5.41, 5.74) is 2.16. The van der Waals surface area contributed by atoms with E-state index in [9.17, 15) is 4.79 Å². The van der Waals surface area contributed by atoms with Crippen molar-refractivity contribution in [2.24, 2.45) is 17.3 Å². The molecular formula is C32H46O7. The van der Waals surface area contributed by atoms with Crippen LogP contribution in [0.25, 0.3) is 6.08 Å². The van der Waals surface area contributed by atoms with Crippen LogP contribution in [0, 0.1) is 17.3 Å². The van der Waals surface area contributed by atoms with Gasteiger partial charge in [-0.25, -0.2) is 4.79 Å². The Labute approximate surface area is 233 Å². The first-order valence-electron chi connectivity index (χ1n) is 14.2. The highest BCUT2D eigenvalue weighted by Crippen LogP contribution is 2.68. The maximum atomic E-state index is 12.9. The Morgan fingerprint density at radius 2 is 1.95 bits per heavy atom. The first-order chi connectivity index (χ1) is 18.6. The van der Waals surface area contributed by atoms with Crippen LogP contribution in [0.1, 0.15) is 65.9 Å². The summed E-state index contributed by atoms with van der Waals surface area (Å²) in [5, 5.41) is 0. The third kappa shape index (κ3) is 7.05. The normalized spacial score (nSPS) is 31.4. The van der Waals surface area contributed by atoms with Crippen molar-refractivity contribution in [3.63, 3.8) is 0 Å². The minimum atomic E-state index is -0.376. The van der Waals surface area contributed by atoms with E-state index >= 15 is 0 Å². The van der Waals surface area contributed by atoms with Crippen LogP contribution in [0.15, 0.2) is 35.9 Å². The third-order valence-electron chi connectivity index (χ3n) is 8.54. The Kier molecular flexibility index (Phi) is 9.45. The van der Waals surface area contributed by atoms with Gasteiger partial charge in [0.25, 0.3) is 0 Å². The smallest absolute Gasteiger partial charge is 0.331 e. The standard InChI is InChI=1S/C32H46O7/c1-21(2)8-11-24-19-31(24,5)30-29(35-7)26(14-15-32(30)20-38-32)39-28(33)13-10-23-9-12-25(34-6)27(18-23)37-17-16-36-22(3)4/h8-10,12-13,18,22,24,26,29-30H,11,14-17,19-20H2,1-7H3/b13-10+/t24?,26-,29-,30?,31-,32+/m1/s1. The summed E-state index contributed by atoms with van der Waals surface area (Å²) in [6, 6.07) is 5.55. The number of rotatable bonds is 13. The van der Waals surface area contributed by atoms with Gasteiger partial charge in [-0.2, -0.15) is 0 Å². The molecule has 0 amide bonds. The lowest BCUT2D eigenvalue weighted by Gasteiger charge is -2.44. The number of benzene rings is 1. The molecule has 1 aromatic rings. The van der Waals surface area contributed by atoms with Crippen molar-refractivity contribution in [2.75, 3.05) is 34.0 Å². The Morgan fingerprint density at radius 3 is 2.59 bits per heavy atom. The fourth-order valence-corrected chi connectivity index (χ4v) is 6.31. The van der Waals surface area contributed by atoms with Gasteiger partial charge >= 0.3 is 5.97 Å². The SMILES string of the molecule is COc1ccc(/C=C/C(=O)O[C@@H]2CC[C@]3(CO3)C([C@]3(C)CC3CC=C(C)C)[C@@H]2OC)cc1OCCOC(C)C. The molecule has 216 valence electrons. The van der Waals surface area contributed by atoms with Gasteiger partial charge in [0.2, 0.25) is 0 Å². The Bertz CT molecular complexity index is 1050. The van der Waals surface area contributed by atoms with Crippen molar-refractivity contribution in [3.05, 3.63) is 41.5 Å². The van der Waals surface area contributed by atoms with Crippen LogP contribution in [0.5, 0.6) is 11.5 Å². The van der Waals surface area contributed by atoms with Gasteiger partial charge in [-0.1, -0.05) is 24.6 Å². The maximum Gasteiger partial charge on any atom is 0.331 e. The predicted octanol–water partition coefficient (Wildman–Crippen LogP) is 6.00. The van der Waals surface area contributed by atoms with E-state index in [-0.39, 0.29) is 41.2 Å². The highest BCUT2D eigenvalue weighted by Gasteiger charge is 2.70. The van der Waals surface area contributed by atoms with Crippen LogP contribution in [-0.4, -0.2) is 63.9 Å². The van der Waals surface area contributed by atoms with Gasteiger partial charge in [0.05, 0.1) is 32.0 Å². The third-order valence-corrected chi connectivity index (χ3v) is 8.54. The molecule has 7 heteroatoms. The molecule has 0 bridgehead atoms. The topological polar surface area (TPSA) is 75.8 Å². The monoisotopic (exact) mass is 542 g/mol. The van der Waals surface area contributed by atoms with Gasteiger partial charge in [-0.05, 0) is 88.5 Å². The summed E-state index contributed by atoms with van der Waals surface area (Å²) in [7, 11) is 3.34. The predicted molar refractivity (Wildman–Crippen MR) is 151 cm³/mol. The number of methoxy groups -OCH3 is 2. The first-order valence-corrected chi connectivity index (χ1v) is 14.2. The molecule has 2 unspecified atom stereocenters. The van der Waals surface area contributed by atoms with Crippen LogP contribution >= 0.6 is 0 Å². The van der Waals surface area contributed by atoms with E-state index in [1.807, 2.05) is 32.0 Å². The lowest BCUT2D eigenvalue weighted by atomic mass is 9.67. The minimum Gasteiger partial charge on any atom is -0.493 e. The van der Waals surface area contributed by atoms with Crippen molar-refractivity contribution < 1.29 is 33.2 Å². The summed E-state index contributed by atoms with van der Waals surface area (Å²) >= 11 is 0. The van der Waals surface area contributed by atoms with E-state index in [1.54, 1.807) is 20.3 Å². The number of esters is 1. The van der Waals surface area contributed by atoms with Crippen LogP contribution in [0.2, 0.25) is 0 Å². The average Bonchev–Trinajstić information content (AvgIpc) is 3.82. The summed E-state index contributed by atoms with van der Waals surface area (Å²) in [4.78, 5) is 12.9. The molecule has 6 atom stereocenters. The van der Waals surface area contributed by atoms with Crippen LogP contribution in [0.4, 0.5) is 0 Å². The zero-order chi connectivity index (χ0) is 28.2. The number of carbonyl (C=O) groups excluding carboxylic acids is 1. The average molecular weight is 543 g/mol. The first kappa shape index (κ1) is 29.6. The highest BCUT2D eigenvalue weighted by molar-refractivity contribution is 5.87. The van der Waals surface area contributed by atoms with Gasteiger partial charge in [0.15, 0.2) is 11.5 Å². The summed E-state index contributed by atoms with van der Waals surface area (Å²) in [6.07, 6.45) is 9.06. The molecule has 0 aromatic heterocycles. The highest BCUT2D eigenvalue weighted by atomic mass is 16.6. The van der Waals surface area contributed by atoms with E-state index in [1.165, 1.54) is 11.6 Å². The van der Waals surface area contributed by atoms with E-state index in [0.717, 1.165) is 37.9 Å². The molecule has 4 rings (SSSR count). The van der Waals surface area contributed by atoms with E-state index in [0.29, 0.717) is 30.6 Å². The molecule has 3 aliphatic rings. The van der Waals surface area contributed by atoms with Gasteiger partial charge in [-0.3, -0.25) is 0 Å². The zero-order valence-corrected chi connectivity index (χ0v) is 24.7. The maximum absolute atomic E-state index is 12.9. The zero-order valence-electron chi connectivity index (χ0n) is 24.7. The largest absolute Gasteiger partial charge is 0.493 e. The Balaban J connectivity index is 1.39. The van der Waals surface area contributed by atoms with E-state index in [4.69, 9.17) is 28.4 Å². The fraction of sp³-hybridized carbons (Fsp3) is 0.656. The molecule has 39 heavy (non-hydrogen) atoms. The lowest BCUT2D eigenvalue weighted by molar-refractivity contribution is -0.167. The Morgan fingerprint density at radius 1 is 1.18 bits per heavy atom. The number of epoxide rings is 1. The van der Waals surface area contributed by atoms with Crippen LogP contribution in [-0.2, 0) is 23.7 Å². The second-order valence-corrected chi connectivity index (χ2v) is 12.0. The van der Waals surface area contributed by atoms with Crippen molar-refractivity contribution >= 4 is 12.0 Å². The molecule has 3 fully saturated rings. The van der Waals surface area contributed by atoms with E-state index < -0.39 is 0 Å². The van der Waals surface area contributed by atoms with Crippen molar-refractivity contribution in [3.8, 4) is 11.5 Å². The summed E-state index contributed by atoms with van der Waals surface area (Å²) in [5.74, 6) is 1.67. The molecule has 2 saturated carbocycles. The quantitative estimate of drug-likeness (QED) is 0.0995. The number of hydrogen-bond donors (Lipinski definition) is 0. The second kappa shape index (κ2) is 12.4. The molecule has 2 aliphatic carbocycles. The Hall–Kier alpha value is -2.35. The summed E-state index contributed by atoms with van der Waals surface area (Å²) < 4.78 is 35.0. The number of carbonyl (C=O) groups is 1. The molecule has 7 nitrogen and oxygen atoms in total. The van der Waals surface area contributed by atoms with Crippen LogP contribution < -0.4 is 9.47 Å². The number of hydrogen-bond acceptors (Lipinski definition) is 7. The fourth-order valence-electron chi connectivity index (χ4n) is 6.31. The second-order valence-electron chi connectivity index (χ2n) is 12.0. The van der Waals surface area contributed by atoms with Gasteiger partial charge < -0.3 is 28.4 Å².